The average molecular weight is 252 g/mol. The first-order valence-electron chi connectivity index (χ1n) is 5.17. The van der Waals surface area contributed by atoms with Gasteiger partial charge in [-0.3, -0.25) is 0 Å². The third-order valence-electron chi connectivity index (χ3n) is 2.47. The minimum absolute atomic E-state index is 0.169. The zero-order valence-corrected chi connectivity index (χ0v) is 10.5. The highest BCUT2D eigenvalue weighted by Crippen LogP contribution is 2.26. The molecule has 0 spiro atoms. The number of thioether (sulfide) groups is 1. The zero-order valence-electron chi connectivity index (χ0n) is 9.66. The number of halogens is 1. The van der Waals surface area contributed by atoms with Gasteiger partial charge in [0.05, 0.1) is 11.4 Å². The summed E-state index contributed by atoms with van der Waals surface area (Å²) >= 11 is 1.36. The topological polar surface area (TPSA) is 52.0 Å². The molecule has 0 aliphatic carbocycles. The number of nitrogens with zero attached hydrogens (tertiary/aromatic N) is 1. The van der Waals surface area contributed by atoms with Gasteiger partial charge in [-0.25, -0.2) is 9.37 Å². The smallest absolute Gasteiger partial charge is 0.256 e. The van der Waals surface area contributed by atoms with E-state index in [1.807, 2.05) is 13.8 Å². The van der Waals surface area contributed by atoms with E-state index in [-0.39, 0.29) is 11.5 Å². The highest BCUT2D eigenvalue weighted by Gasteiger charge is 2.09. The largest absolute Gasteiger partial charge is 0.437 e. The van der Waals surface area contributed by atoms with E-state index in [4.69, 9.17) is 10.2 Å². The third kappa shape index (κ3) is 2.61. The van der Waals surface area contributed by atoms with Gasteiger partial charge < -0.3 is 10.2 Å². The van der Waals surface area contributed by atoms with Crippen molar-refractivity contribution in [1.82, 2.24) is 4.98 Å². The summed E-state index contributed by atoms with van der Waals surface area (Å²) in [7, 11) is 0. The molecule has 2 aromatic rings. The summed E-state index contributed by atoms with van der Waals surface area (Å²) in [4.78, 5) is 4.22. The van der Waals surface area contributed by atoms with Gasteiger partial charge in [0.15, 0.2) is 0 Å². The molecule has 2 rings (SSSR count). The van der Waals surface area contributed by atoms with Crippen LogP contribution in [0.15, 0.2) is 27.8 Å². The molecule has 3 nitrogen and oxygen atoms in total. The molecule has 0 atom stereocenters. The van der Waals surface area contributed by atoms with E-state index in [0.29, 0.717) is 16.5 Å². The molecule has 1 heterocycles. The lowest BCUT2D eigenvalue weighted by molar-refractivity contribution is 0.431. The molecular formula is C12H13FN2OS. The monoisotopic (exact) mass is 252 g/mol. The van der Waals surface area contributed by atoms with Gasteiger partial charge >= 0.3 is 0 Å². The number of nitrogens with two attached hydrogens (primary N) is 1. The van der Waals surface area contributed by atoms with Gasteiger partial charge in [0.25, 0.3) is 5.22 Å². The molecule has 0 saturated heterocycles. The van der Waals surface area contributed by atoms with Gasteiger partial charge in [-0.2, -0.15) is 0 Å². The number of hydrogen-bond donors (Lipinski definition) is 1. The molecule has 0 fully saturated rings. The summed E-state index contributed by atoms with van der Waals surface area (Å²) in [5.74, 6) is 0.886. The maximum Gasteiger partial charge on any atom is 0.256 e. The minimum atomic E-state index is -0.361. The predicted molar refractivity (Wildman–Crippen MR) is 66.4 cm³/mol. The summed E-state index contributed by atoms with van der Waals surface area (Å²) in [6, 6.07) is 4.99. The van der Waals surface area contributed by atoms with Crippen LogP contribution in [0.1, 0.15) is 17.0 Å². The van der Waals surface area contributed by atoms with Crippen molar-refractivity contribution in [3.05, 3.63) is 41.0 Å². The van der Waals surface area contributed by atoms with Gasteiger partial charge in [0, 0.05) is 11.3 Å². The Bertz CT molecular complexity index is 520. The molecule has 0 saturated carbocycles. The molecule has 0 aliphatic heterocycles. The molecule has 0 amide bonds. The van der Waals surface area contributed by atoms with Gasteiger partial charge in [0.1, 0.15) is 11.6 Å². The van der Waals surface area contributed by atoms with Crippen LogP contribution in [-0.4, -0.2) is 4.98 Å². The fourth-order valence-electron chi connectivity index (χ4n) is 1.36. The van der Waals surface area contributed by atoms with Crippen LogP contribution in [0.2, 0.25) is 0 Å². The molecule has 5 heteroatoms. The van der Waals surface area contributed by atoms with Crippen molar-refractivity contribution < 1.29 is 8.81 Å². The van der Waals surface area contributed by atoms with E-state index in [0.717, 1.165) is 11.5 Å². The minimum Gasteiger partial charge on any atom is -0.437 e. The van der Waals surface area contributed by atoms with Crippen molar-refractivity contribution in [2.75, 3.05) is 5.73 Å². The van der Waals surface area contributed by atoms with Gasteiger partial charge in [-0.05, 0) is 19.9 Å². The normalized spacial score (nSPS) is 10.8. The van der Waals surface area contributed by atoms with E-state index >= 15 is 0 Å². The summed E-state index contributed by atoms with van der Waals surface area (Å²) in [6.45, 7) is 3.73. The van der Waals surface area contributed by atoms with Crippen molar-refractivity contribution >= 4 is 17.4 Å². The first-order chi connectivity index (χ1) is 8.08. The number of rotatable bonds is 3. The number of aromatic nitrogens is 1. The third-order valence-corrected chi connectivity index (χ3v) is 3.35. The average Bonchev–Trinajstić information content (AvgIpc) is 2.61. The Labute approximate surface area is 103 Å². The van der Waals surface area contributed by atoms with Crippen molar-refractivity contribution in [2.45, 2.75) is 24.8 Å². The second kappa shape index (κ2) is 4.79. The Balaban J connectivity index is 2.10. The fourth-order valence-corrected chi connectivity index (χ4v) is 2.24. The molecular weight excluding hydrogens is 239 g/mol. The SMILES string of the molecule is Cc1nc(SCc2cccc(N)c2F)oc1C. The van der Waals surface area contributed by atoms with Crippen molar-refractivity contribution in [2.24, 2.45) is 0 Å². The van der Waals surface area contributed by atoms with Crippen molar-refractivity contribution in [1.29, 1.82) is 0 Å². The molecule has 1 aromatic carbocycles. The number of oxazole rings is 1. The Morgan fingerprint density at radius 1 is 1.41 bits per heavy atom. The second-order valence-corrected chi connectivity index (χ2v) is 4.66. The Morgan fingerprint density at radius 3 is 2.82 bits per heavy atom. The van der Waals surface area contributed by atoms with Gasteiger partial charge in [0.2, 0.25) is 0 Å². The lowest BCUT2D eigenvalue weighted by atomic mass is 10.2. The van der Waals surface area contributed by atoms with Crippen molar-refractivity contribution in [3.63, 3.8) is 0 Å². The summed E-state index contributed by atoms with van der Waals surface area (Å²) in [5.41, 5.74) is 7.08. The van der Waals surface area contributed by atoms with Gasteiger partial charge in [-0.1, -0.05) is 23.9 Å². The maximum atomic E-state index is 13.6. The van der Waals surface area contributed by atoms with Crippen LogP contribution >= 0.6 is 11.8 Å². The standard InChI is InChI=1S/C12H13FN2OS/c1-7-8(2)16-12(15-7)17-6-9-4-3-5-10(14)11(9)13/h3-5H,6,14H2,1-2H3. The lowest BCUT2D eigenvalue weighted by Crippen LogP contribution is -1.95. The lowest BCUT2D eigenvalue weighted by Gasteiger charge is -2.02. The van der Waals surface area contributed by atoms with E-state index in [1.54, 1.807) is 18.2 Å². The van der Waals surface area contributed by atoms with E-state index in [1.165, 1.54) is 11.8 Å². The quantitative estimate of drug-likeness (QED) is 0.672. The van der Waals surface area contributed by atoms with Crippen LogP contribution in [0, 0.1) is 19.7 Å². The number of benzene rings is 1. The maximum absolute atomic E-state index is 13.6. The number of nitrogen functional groups attached to an aromatic ring is 1. The van der Waals surface area contributed by atoms with Gasteiger partial charge in [-0.15, -0.1) is 0 Å². The number of anilines is 1. The molecule has 0 aliphatic rings. The highest BCUT2D eigenvalue weighted by molar-refractivity contribution is 7.98. The highest BCUT2D eigenvalue weighted by atomic mass is 32.2. The molecule has 2 N–H and O–H groups in total. The van der Waals surface area contributed by atoms with E-state index in [2.05, 4.69) is 4.98 Å². The summed E-state index contributed by atoms with van der Waals surface area (Å²) in [5, 5.41) is 0.557. The Kier molecular flexibility index (Phi) is 3.38. The molecule has 1 aromatic heterocycles. The van der Waals surface area contributed by atoms with Crippen molar-refractivity contribution in [3.8, 4) is 0 Å². The molecule has 0 bridgehead atoms. The van der Waals surface area contributed by atoms with E-state index in [9.17, 15) is 4.39 Å². The number of aryl methyl sites for hydroxylation is 2. The molecule has 0 radical (unpaired) electrons. The summed E-state index contributed by atoms with van der Waals surface area (Å²) in [6.07, 6.45) is 0. The van der Waals surface area contributed by atoms with Crippen LogP contribution < -0.4 is 5.73 Å². The second-order valence-electron chi connectivity index (χ2n) is 3.73. The summed E-state index contributed by atoms with van der Waals surface area (Å²) < 4.78 is 19.0. The first-order valence-corrected chi connectivity index (χ1v) is 6.16. The van der Waals surface area contributed by atoms with E-state index < -0.39 is 0 Å². The Hall–Kier alpha value is -1.49. The Morgan fingerprint density at radius 2 is 2.18 bits per heavy atom. The van der Waals surface area contributed by atoms with Crippen LogP contribution in [-0.2, 0) is 5.75 Å². The molecule has 17 heavy (non-hydrogen) atoms. The van der Waals surface area contributed by atoms with Crippen LogP contribution in [0.25, 0.3) is 0 Å². The van der Waals surface area contributed by atoms with Crippen LogP contribution in [0.5, 0.6) is 0 Å². The molecule has 0 unspecified atom stereocenters. The zero-order chi connectivity index (χ0) is 12.4. The fraction of sp³-hybridized carbons (Fsp3) is 0.250. The molecule has 90 valence electrons. The predicted octanol–water partition coefficient (Wildman–Crippen LogP) is 3.31. The van der Waals surface area contributed by atoms with Crippen LogP contribution in [0.4, 0.5) is 10.1 Å². The first kappa shape index (κ1) is 12.0. The van der Waals surface area contributed by atoms with Crippen LogP contribution in [0.3, 0.4) is 0 Å². The number of hydrogen-bond acceptors (Lipinski definition) is 4.